The van der Waals surface area contributed by atoms with Crippen LogP contribution in [0.2, 0.25) is 0 Å². The molecule has 0 atom stereocenters. The van der Waals surface area contributed by atoms with Crippen LogP contribution in [0.3, 0.4) is 0 Å². The van der Waals surface area contributed by atoms with Crippen LogP contribution in [0, 0.1) is 5.41 Å². The Bertz CT molecular complexity index is 298. The molecule has 0 aliphatic carbocycles. The zero-order chi connectivity index (χ0) is 20.3. The fourth-order valence-electron chi connectivity index (χ4n) is 3.57. The van der Waals surface area contributed by atoms with Crippen molar-refractivity contribution in [2.24, 2.45) is 5.41 Å². The average Bonchev–Trinajstić information content (AvgIpc) is 2.58. The van der Waals surface area contributed by atoms with Crippen LogP contribution in [-0.4, -0.2) is 11.6 Å². The minimum Gasteiger partial charge on any atom is -0.300 e. The lowest BCUT2D eigenvalue weighted by molar-refractivity contribution is -0.128. The van der Waals surface area contributed by atoms with Gasteiger partial charge in [0.1, 0.15) is 11.6 Å². The van der Waals surface area contributed by atoms with Crippen molar-refractivity contribution in [3.63, 3.8) is 0 Å². The van der Waals surface area contributed by atoms with Crippen molar-refractivity contribution in [3.05, 3.63) is 0 Å². The molecule has 2 nitrogen and oxygen atoms in total. The highest BCUT2D eigenvalue weighted by Gasteiger charge is 2.33. The predicted octanol–water partition coefficient (Wildman–Crippen LogP) is 8.07. The maximum absolute atomic E-state index is 12.5. The number of Topliss-reactive ketones (excluding diaryl/α,β-unsaturated/α-hetero) is 2. The molecule has 0 saturated heterocycles. The van der Waals surface area contributed by atoms with E-state index >= 15 is 0 Å². The molecule has 0 saturated carbocycles. The molecule has 0 rings (SSSR count). The molecular formula is C24H48O2. The van der Waals surface area contributed by atoms with Gasteiger partial charge in [0.15, 0.2) is 0 Å². The van der Waals surface area contributed by atoms with Crippen LogP contribution in [0.25, 0.3) is 0 Å². The molecule has 0 bridgehead atoms. The Morgan fingerprint density at radius 1 is 0.538 bits per heavy atom. The maximum Gasteiger partial charge on any atom is 0.135 e. The molecule has 0 aromatic carbocycles. The van der Waals surface area contributed by atoms with E-state index in [0.29, 0.717) is 5.78 Å². The highest BCUT2D eigenvalue weighted by atomic mass is 16.1. The quantitative estimate of drug-likeness (QED) is 0.258. The van der Waals surface area contributed by atoms with Gasteiger partial charge in [0.05, 0.1) is 0 Å². The summed E-state index contributed by atoms with van der Waals surface area (Å²) in [5.41, 5.74) is 0.00915. The largest absolute Gasteiger partial charge is 0.300 e. The molecule has 0 aromatic heterocycles. The van der Waals surface area contributed by atoms with E-state index in [2.05, 4.69) is 20.8 Å². The summed E-state index contributed by atoms with van der Waals surface area (Å²) in [7, 11) is 0. The number of rotatable bonds is 16. The van der Waals surface area contributed by atoms with Crippen LogP contribution in [0.5, 0.6) is 0 Å². The number of hydrogen-bond acceptors (Lipinski definition) is 2. The number of carbonyl (C=O) groups is 2. The molecule has 156 valence electrons. The summed E-state index contributed by atoms with van der Waals surface area (Å²) < 4.78 is 0. The number of ketones is 2. The van der Waals surface area contributed by atoms with Crippen molar-refractivity contribution in [2.75, 3.05) is 0 Å². The van der Waals surface area contributed by atoms with Gasteiger partial charge in [-0.15, -0.1) is 0 Å². The van der Waals surface area contributed by atoms with Gasteiger partial charge < -0.3 is 4.79 Å². The first kappa shape index (κ1) is 27.6. The summed E-state index contributed by atoms with van der Waals surface area (Å²) in [6.45, 7) is 11.7. The normalized spacial score (nSPS) is 11.0. The minimum atomic E-state index is 0.00915. The van der Waals surface area contributed by atoms with Crippen LogP contribution in [0.15, 0.2) is 0 Å². The van der Waals surface area contributed by atoms with Crippen molar-refractivity contribution in [2.45, 2.75) is 138 Å². The first-order valence-electron chi connectivity index (χ1n) is 11.3. The van der Waals surface area contributed by atoms with Gasteiger partial charge in [-0.05, 0) is 40.0 Å². The van der Waals surface area contributed by atoms with E-state index in [1.807, 2.05) is 6.92 Å². The predicted molar refractivity (Wildman–Crippen MR) is 116 cm³/mol. The Balaban J connectivity index is 0. The van der Waals surface area contributed by atoms with Crippen LogP contribution >= 0.6 is 0 Å². The van der Waals surface area contributed by atoms with Gasteiger partial charge in [-0.2, -0.15) is 0 Å². The molecule has 0 aliphatic heterocycles. The monoisotopic (exact) mass is 368 g/mol. The van der Waals surface area contributed by atoms with Crippen molar-refractivity contribution in [3.8, 4) is 0 Å². The smallest absolute Gasteiger partial charge is 0.135 e. The second-order valence-corrected chi connectivity index (χ2v) is 8.18. The van der Waals surface area contributed by atoms with Gasteiger partial charge in [-0.3, -0.25) is 4.79 Å². The van der Waals surface area contributed by atoms with Crippen LogP contribution in [0.1, 0.15) is 138 Å². The Labute approximate surface area is 164 Å². The Kier molecular flexibility index (Phi) is 20.3. The van der Waals surface area contributed by atoms with E-state index < -0.39 is 0 Å². The molecular weight excluding hydrogens is 320 g/mol. The third kappa shape index (κ3) is 16.8. The lowest BCUT2D eigenvalue weighted by atomic mass is 9.71. The molecule has 0 aliphatic rings. The molecule has 0 heterocycles. The molecule has 26 heavy (non-hydrogen) atoms. The second kappa shape index (κ2) is 19.1. The van der Waals surface area contributed by atoms with Crippen LogP contribution < -0.4 is 0 Å². The van der Waals surface area contributed by atoms with Gasteiger partial charge >= 0.3 is 0 Å². The SMILES string of the molecule is CC(C)=O.CCCCCCC(CCCCCC)(CCCCCC)C(C)=O. The summed E-state index contributed by atoms with van der Waals surface area (Å²) in [4.78, 5) is 21.9. The summed E-state index contributed by atoms with van der Waals surface area (Å²) in [5.74, 6) is 0.636. The van der Waals surface area contributed by atoms with E-state index in [0.717, 1.165) is 19.3 Å². The first-order valence-corrected chi connectivity index (χ1v) is 11.3. The molecule has 2 heteroatoms. The van der Waals surface area contributed by atoms with Gasteiger partial charge in [-0.25, -0.2) is 0 Å². The van der Waals surface area contributed by atoms with E-state index in [1.165, 1.54) is 90.9 Å². The third-order valence-corrected chi connectivity index (χ3v) is 5.27. The number of unbranched alkanes of at least 4 members (excludes halogenated alkanes) is 9. The summed E-state index contributed by atoms with van der Waals surface area (Å²) in [5, 5.41) is 0. The number of carbonyl (C=O) groups excluding carboxylic acids is 2. The van der Waals surface area contributed by atoms with Crippen LogP contribution in [0.4, 0.5) is 0 Å². The van der Waals surface area contributed by atoms with Gasteiger partial charge in [0.25, 0.3) is 0 Å². The van der Waals surface area contributed by atoms with Crippen molar-refractivity contribution < 1.29 is 9.59 Å². The highest BCUT2D eigenvalue weighted by molar-refractivity contribution is 5.82. The molecule has 0 aromatic rings. The average molecular weight is 369 g/mol. The number of hydrogen-bond donors (Lipinski definition) is 0. The fourth-order valence-corrected chi connectivity index (χ4v) is 3.57. The van der Waals surface area contributed by atoms with E-state index in [-0.39, 0.29) is 11.2 Å². The van der Waals surface area contributed by atoms with E-state index in [1.54, 1.807) is 0 Å². The standard InChI is InChI=1S/C21H42O.C3H6O/c1-5-8-11-14-17-21(20(4)22,18-15-12-9-6-2)19-16-13-10-7-3;1-3(2)4/h5-19H2,1-4H3;1-2H3. The van der Waals surface area contributed by atoms with Gasteiger partial charge in [0, 0.05) is 5.41 Å². The topological polar surface area (TPSA) is 34.1 Å². The first-order chi connectivity index (χ1) is 12.4. The summed E-state index contributed by atoms with van der Waals surface area (Å²) in [6, 6.07) is 0. The fraction of sp³-hybridized carbons (Fsp3) is 0.917. The molecule has 0 fully saturated rings. The molecule has 0 N–H and O–H groups in total. The molecule has 0 spiro atoms. The van der Waals surface area contributed by atoms with Crippen molar-refractivity contribution in [1.82, 2.24) is 0 Å². The van der Waals surface area contributed by atoms with Crippen LogP contribution in [-0.2, 0) is 9.59 Å². The minimum absolute atomic E-state index is 0.00915. The van der Waals surface area contributed by atoms with Gasteiger partial charge in [-0.1, -0.05) is 97.8 Å². The second-order valence-electron chi connectivity index (χ2n) is 8.18. The summed E-state index contributed by atoms with van der Waals surface area (Å²) >= 11 is 0. The van der Waals surface area contributed by atoms with Crippen molar-refractivity contribution in [1.29, 1.82) is 0 Å². The Morgan fingerprint density at radius 3 is 1.00 bits per heavy atom. The maximum atomic E-state index is 12.5. The zero-order valence-electron chi connectivity index (χ0n) is 18.9. The lowest BCUT2D eigenvalue weighted by Crippen LogP contribution is -2.29. The Hall–Kier alpha value is -0.660. The Morgan fingerprint density at radius 2 is 0.808 bits per heavy atom. The third-order valence-electron chi connectivity index (χ3n) is 5.27. The molecule has 0 radical (unpaired) electrons. The lowest BCUT2D eigenvalue weighted by Gasteiger charge is -2.32. The molecule has 0 unspecified atom stereocenters. The summed E-state index contributed by atoms with van der Waals surface area (Å²) in [6.07, 6.45) is 18.8. The zero-order valence-corrected chi connectivity index (χ0v) is 18.9. The van der Waals surface area contributed by atoms with E-state index in [9.17, 15) is 9.59 Å². The van der Waals surface area contributed by atoms with E-state index in [4.69, 9.17) is 0 Å². The highest BCUT2D eigenvalue weighted by Crippen LogP contribution is 2.38. The molecule has 0 amide bonds. The van der Waals surface area contributed by atoms with Crippen molar-refractivity contribution >= 4 is 11.6 Å². The van der Waals surface area contributed by atoms with Gasteiger partial charge in [0.2, 0.25) is 0 Å².